The normalized spacial score (nSPS) is 10.1. The average molecular weight is 243 g/mol. The van der Waals surface area contributed by atoms with Crippen molar-refractivity contribution < 1.29 is 0 Å². The van der Waals surface area contributed by atoms with Crippen molar-refractivity contribution in [3.63, 3.8) is 0 Å². The first-order valence-corrected chi connectivity index (χ1v) is 5.96. The maximum Gasteiger partial charge on any atom is 0.149 e. The van der Waals surface area contributed by atoms with E-state index in [1.165, 1.54) is 0 Å². The lowest BCUT2D eigenvalue weighted by Crippen LogP contribution is -2.19. The van der Waals surface area contributed by atoms with Crippen LogP contribution in [0, 0.1) is 0 Å². The molecule has 0 aliphatic heterocycles. The zero-order chi connectivity index (χ0) is 12.8. The number of rotatable bonds is 5. The summed E-state index contributed by atoms with van der Waals surface area (Å²) in [4.78, 5) is 15.0. The van der Waals surface area contributed by atoms with Crippen LogP contribution < -0.4 is 10.2 Å². The van der Waals surface area contributed by atoms with Crippen LogP contribution in [0.2, 0.25) is 0 Å². The lowest BCUT2D eigenvalue weighted by molar-refractivity contribution is 0.860. The van der Waals surface area contributed by atoms with Crippen LogP contribution in [-0.4, -0.2) is 28.5 Å². The predicted octanol–water partition coefficient (Wildman–Crippen LogP) is 1.94. The molecule has 94 valence electrons. The summed E-state index contributed by atoms with van der Waals surface area (Å²) in [7, 11) is 1.98. The van der Waals surface area contributed by atoms with Gasteiger partial charge in [-0.15, -0.1) is 0 Å². The van der Waals surface area contributed by atoms with Crippen molar-refractivity contribution in [3.05, 3.63) is 42.5 Å². The van der Waals surface area contributed by atoms with E-state index < -0.39 is 0 Å². The fourth-order valence-corrected chi connectivity index (χ4v) is 1.62. The molecule has 5 heteroatoms. The van der Waals surface area contributed by atoms with Gasteiger partial charge in [0.05, 0.1) is 24.6 Å². The second-order valence-corrected chi connectivity index (χ2v) is 3.97. The van der Waals surface area contributed by atoms with Crippen LogP contribution in [-0.2, 0) is 6.54 Å². The Kier molecular flexibility index (Phi) is 4.06. The largest absolute Gasteiger partial charge is 0.369 e. The molecule has 5 nitrogen and oxygen atoms in total. The van der Waals surface area contributed by atoms with Crippen LogP contribution in [0.1, 0.15) is 12.6 Å². The van der Waals surface area contributed by atoms with Gasteiger partial charge in [0, 0.05) is 19.8 Å². The van der Waals surface area contributed by atoms with E-state index >= 15 is 0 Å². The van der Waals surface area contributed by atoms with Gasteiger partial charge in [-0.1, -0.05) is 6.07 Å². The highest BCUT2D eigenvalue weighted by Crippen LogP contribution is 2.12. The Morgan fingerprint density at radius 2 is 2.17 bits per heavy atom. The summed E-state index contributed by atoms with van der Waals surface area (Å²) >= 11 is 0. The summed E-state index contributed by atoms with van der Waals surface area (Å²) in [5.41, 5.74) is 1.01. The van der Waals surface area contributed by atoms with Gasteiger partial charge in [0.25, 0.3) is 0 Å². The Morgan fingerprint density at radius 1 is 1.28 bits per heavy atom. The fraction of sp³-hybridized carbons (Fsp3) is 0.308. The second-order valence-electron chi connectivity index (χ2n) is 3.97. The Morgan fingerprint density at radius 3 is 2.89 bits per heavy atom. The highest BCUT2D eigenvalue weighted by Gasteiger charge is 2.05. The predicted molar refractivity (Wildman–Crippen MR) is 72.5 cm³/mol. The van der Waals surface area contributed by atoms with E-state index in [1.807, 2.05) is 37.1 Å². The van der Waals surface area contributed by atoms with Crippen molar-refractivity contribution in [2.24, 2.45) is 0 Å². The van der Waals surface area contributed by atoms with E-state index in [2.05, 4.69) is 20.3 Å². The SMILES string of the molecule is CCNc1cncc(N(C)Cc2ccccn2)n1. The molecule has 0 saturated heterocycles. The molecule has 0 atom stereocenters. The molecule has 2 heterocycles. The summed E-state index contributed by atoms with van der Waals surface area (Å²) in [5, 5.41) is 3.15. The van der Waals surface area contributed by atoms with E-state index in [4.69, 9.17) is 0 Å². The molecule has 2 rings (SSSR count). The summed E-state index contributed by atoms with van der Waals surface area (Å²) < 4.78 is 0. The number of hydrogen-bond acceptors (Lipinski definition) is 5. The lowest BCUT2D eigenvalue weighted by atomic mass is 10.3. The minimum atomic E-state index is 0.713. The molecule has 0 aliphatic rings. The van der Waals surface area contributed by atoms with Crippen molar-refractivity contribution in [3.8, 4) is 0 Å². The number of pyridine rings is 1. The maximum absolute atomic E-state index is 4.48. The van der Waals surface area contributed by atoms with Crippen LogP contribution >= 0.6 is 0 Å². The second kappa shape index (κ2) is 5.95. The molecule has 0 radical (unpaired) electrons. The molecule has 2 aromatic heterocycles. The first-order valence-electron chi connectivity index (χ1n) is 5.96. The first-order chi connectivity index (χ1) is 8.79. The van der Waals surface area contributed by atoms with Gasteiger partial charge in [-0.3, -0.25) is 9.97 Å². The van der Waals surface area contributed by atoms with Gasteiger partial charge in [-0.2, -0.15) is 0 Å². The highest BCUT2D eigenvalue weighted by molar-refractivity contribution is 5.43. The highest BCUT2D eigenvalue weighted by atomic mass is 15.2. The van der Waals surface area contributed by atoms with E-state index in [1.54, 1.807) is 18.6 Å². The topological polar surface area (TPSA) is 53.9 Å². The van der Waals surface area contributed by atoms with Gasteiger partial charge in [0.15, 0.2) is 0 Å². The standard InChI is InChI=1S/C13H17N5/c1-3-15-12-8-14-9-13(17-12)18(2)10-11-6-4-5-7-16-11/h4-9H,3,10H2,1-2H3,(H,15,17). The van der Waals surface area contributed by atoms with Crippen LogP contribution in [0.4, 0.5) is 11.6 Å². The molecule has 0 spiro atoms. The van der Waals surface area contributed by atoms with E-state index in [0.29, 0.717) is 6.54 Å². The number of nitrogens with one attached hydrogen (secondary N) is 1. The quantitative estimate of drug-likeness (QED) is 0.869. The molecular weight excluding hydrogens is 226 g/mol. The molecule has 0 saturated carbocycles. The molecule has 0 amide bonds. The third-order valence-corrected chi connectivity index (χ3v) is 2.50. The zero-order valence-corrected chi connectivity index (χ0v) is 10.7. The third kappa shape index (κ3) is 3.16. The summed E-state index contributed by atoms with van der Waals surface area (Å²) in [5.74, 6) is 1.63. The van der Waals surface area contributed by atoms with Crippen molar-refractivity contribution in [1.29, 1.82) is 0 Å². The molecular formula is C13H17N5. The van der Waals surface area contributed by atoms with E-state index in [9.17, 15) is 0 Å². The van der Waals surface area contributed by atoms with Crippen LogP contribution in [0.5, 0.6) is 0 Å². The van der Waals surface area contributed by atoms with Gasteiger partial charge in [-0.05, 0) is 19.1 Å². The summed E-state index contributed by atoms with van der Waals surface area (Å²) in [6, 6.07) is 5.89. The molecule has 18 heavy (non-hydrogen) atoms. The smallest absolute Gasteiger partial charge is 0.149 e. The fourth-order valence-electron chi connectivity index (χ4n) is 1.62. The molecule has 2 aromatic rings. The van der Waals surface area contributed by atoms with Gasteiger partial charge >= 0.3 is 0 Å². The minimum Gasteiger partial charge on any atom is -0.369 e. The maximum atomic E-state index is 4.48. The number of hydrogen-bond donors (Lipinski definition) is 1. The minimum absolute atomic E-state index is 0.713. The van der Waals surface area contributed by atoms with Gasteiger partial charge in [-0.25, -0.2) is 4.98 Å². The Hall–Kier alpha value is -2.17. The molecule has 0 bridgehead atoms. The third-order valence-electron chi connectivity index (χ3n) is 2.50. The van der Waals surface area contributed by atoms with E-state index in [0.717, 1.165) is 23.9 Å². The number of aromatic nitrogens is 3. The molecule has 0 fully saturated rings. The molecule has 1 N–H and O–H groups in total. The van der Waals surface area contributed by atoms with Crippen molar-refractivity contribution in [1.82, 2.24) is 15.0 Å². The zero-order valence-electron chi connectivity index (χ0n) is 10.7. The number of anilines is 2. The van der Waals surface area contributed by atoms with Crippen molar-refractivity contribution in [2.75, 3.05) is 23.8 Å². The Bertz CT molecular complexity index is 486. The van der Waals surface area contributed by atoms with Crippen LogP contribution in [0.3, 0.4) is 0 Å². The Balaban J connectivity index is 2.08. The summed E-state index contributed by atoms with van der Waals surface area (Å²) in [6.45, 7) is 3.58. The molecule has 0 aliphatic carbocycles. The number of nitrogens with zero attached hydrogens (tertiary/aromatic N) is 4. The van der Waals surface area contributed by atoms with Crippen molar-refractivity contribution in [2.45, 2.75) is 13.5 Å². The van der Waals surface area contributed by atoms with Crippen molar-refractivity contribution >= 4 is 11.6 Å². The monoisotopic (exact) mass is 243 g/mol. The van der Waals surface area contributed by atoms with Gasteiger partial charge < -0.3 is 10.2 Å². The Labute approximate surface area is 107 Å². The molecule has 0 unspecified atom stereocenters. The van der Waals surface area contributed by atoms with Gasteiger partial charge in [0.1, 0.15) is 11.6 Å². The molecule has 0 aromatic carbocycles. The summed E-state index contributed by atoms with van der Waals surface area (Å²) in [6.07, 6.45) is 5.27. The first kappa shape index (κ1) is 12.3. The average Bonchev–Trinajstić information content (AvgIpc) is 2.40. The van der Waals surface area contributed by atoms with Gasteiger partial charge in [0.2, 0.25) is 0 Å². The lowest BCUT2D eigenvalue weighted by Gasteiger charge is -2.17. The van der Waals surface area contributed by atoms with Crippen LogP contribution in [0.25, 0.3) is 0 Å². The van der Waals surface area contributed by atoms with Crippen LogP contribution in [0.15, 0.2) is 36.8 Å². The van der Waals surface area contributed by atoms with E-state index in [-0.39, 0.29) is 0 Å².